The topological polar surface area (TPSA) is 99.1 Å². The molecule has 7 nitrogen and oxygen atoms in total. The number of fused-ring (bicyclic) bond motifs is 4. The highest BCUT2D eigenvalue weighted by atomic mass is 32.2. The Labute approximate surface area is 288 Å². The predicted molar refractivity (Wildman–Crippen MR) is 160 cm³/mol. The molecule has 1 saturated heterocycles. The van der Waals surface area contributed by atoms with E-state index in [0.717, 1.165) is 12.1 Å². The Balaban J connectivity index is 1.29. The number of benzene rings is 1. The molecule has 5 fully saturated rings. The lowest BCUT2D eigenvalue weighted by Gasteiger charge is -2.70. The van der Waals surface area contributed by atoms with Gasteiger partial charge in [0, 0.05) is 30.1 Å². The number of alkyl halides is 9. The molecule has 0 aromatic heterocycles. The van der Waals surface area contributed by atoms with E-state index in [1.54, 1.807) is 0 Å². The molecule has 0 bridgehead atoms. The highest BCUT2D eigenvalue weighted by molar-refractivity contribution is 7.88. The summed E-state index contributed by atoms with van der Waals surface area (Å²) < 4.78 is 164. The largest absolute Gasteiger partial charge is 0.460 e. The average molecular weight is 763 g/mol. The Morgan fingerprint density at radius 3 is 2.25 bits per heavy atom. The molecule has 6 aliphatic rings. The first-order valence-electron chi connectivity index (χ1n) is 17.1. The zero-order valence-corrected chi connectivity index (χ0v) is 28.8. The van der Waals surface area contributed by atoms with Gasteiger partial charge in [0.05, 0.1) is 17.8 Å². The highest BCUT2D eigenvalue weighted by Crippen LogP contribution is 2.74. The number of carbonyl (C=O) groups is 1. The molecule has 1 aromatic rings. The van der Waals surface area contributed by atoms with Crippen molar-refractivity contribution in [3.8, 4) is 5.75 Å². The minimum Gasteiger partial charge on any atom is -0.389 e. The van der Waals surface area contributed by atoms with Gasteiger partial charge in [0.1, 0.15) is 11.5 Å². The minimum atomic E-state index is -7.44. The predicted octanol–water partition coefficient (Wildman–Crippen LogP) is 7.69. The highest BCUT2D eigenvalue weighted by Gasteiger charge is 2.86. The molecule has 286 valence electrons. The first-order chi connectivity index (χ1) is 23.2. The summed E-state index contributed by atoms with van der Waals surface area (Å²) in [7, 11) is -7.17. The van der Waals surface area contributed by atoms with Crippen LogP contribution in [0.1, 0.15) is 95.6 Å². The maximum absolute atomic E-state index is 14.6. The second-order valence-electron chi connectivity index (χ2n) is 16.5. The lowest BCUT2D eigenvalue weighted by molar-refractivity contribution is -0.382. The zero-order chi connectivity index (χ0) is 37.6. The SMILES string of the molecule is CC1(C)CCOC2(CC[C@@]34Cc5cc(OS(=O)(=O)C(F)(F)C(F)(F)C(F)(F)C(F)(F)F)ccc5C5C[C@]6(C)C(=O)CC[C@H]6[C@H](CC[C@@]3(O)C2)C54)O1. The quantitative estimate of drug-likeness (QED) is 0.243. The Kier molecular flexibility index (Phi) is 7.86. The first-order valence-corrected chi connectivity index (χ1v) is 18.5. The maximum atomic E-state index is 14.6. The Bertz CT molecular complexity index is 1750. The smallest absolute Gasteiger partial charge is 0.389 e. The molecule has 17 heteroatoms. The van der Waals surface area contributed by atoms with E-state index < -0.39 is 72.9 Å². The van der Waals surface area contributed by atoms with Crippen LogP contribution in [0.15, 0.2) is 18.2 Å². The normalized spacial score (nSPS) is 39.5. The van der Waals surface area contributed by atoms with Gasteiger partial charge in [-0.3, -0.25) is 4.79 Å². The summed E-state index contributed by atoms with van der Waals surface area (Å²) in [5.41, 5.74) is -2.74. The Morgan fingerprint density at radius 2 is 1.61 bits per heavy atom. The van der Waals surface area contributed by atoms with Crippen LogP contribution in [0.4, 0.5) is 39.5 Å². The monoisotopic (exact) mass is 762 g/mol. The molecule has 7 rings (SSSR count). The molecule has 5 aliphatic carbocycles. The van der Waals surface area contributed by atoms with Gasteiger partial charge in [-0.1, -0.05) is 13.0 Å². The van der Waals surface area contributed by atoms with Gasteiger partial charge in [0.15, 0.2) is 5.79 Å². The van der Waals surface area contributed by atoms with E-state index in [4.69, 9.17) is 9.47 Å². The number of aliphatic hydroxyl groups is 1. The zero-order valence-electron chi connectivity index (χ0n) is 28.0. The van der Waals surface area contributed by atoms with Crippen LogP contribution in [0.25, 0.3) is 0 Å². The minimum absolute atomic E-state index is 0.0137. The van der Waals surface area contributed by atoms with E-state index in [-0.39, 0.29) is 41.9 Å². The van der Waals surface area contributed by atoms with Crippen molar-refractivity contribution in [1.29, 1.82) is 0 Å². The fourth-order valence-corrected chi connectivity index (χ4v) is 12.0. The summed E-state index contributed by atoms with van der Waals surface area (Å²) in [6, 6.07) is 3.14. The van der Waals surface area contributed by atoms with Gasteiger partial charge < -0.3 is 18.8 Å². The molecular weight excluding hydrogens is 723 g/mol. The number of halogens is 9. The number of hydrogen-bond donors (Lipinski definition) is 1. The number of ketones is 1. The van der Waals surface area contributed by atoms with E-state index in [2.05, 4.69) is 4.18 Å². The van der Waals surface area contributed by atoms with Crippen molar-refractivity contribution >= 4 is 15.9 Å². The molecule has 0 amide bonds. The summed E-state index contributed by atoms with van der Waals surface area (Å²) in [6.45, 7) is 6.15. The number of Topliss-reactive ketones (excluding diaryl/α,β-unsaturated/α-hetero) is 1. The number of hydrogen-bond acceptors (Lipinski definition) is 7. The third-order valence-electron chi connectivity index (χ3n) is 13.4. The van der Waals surface area contributed by atoms with E-state index in [0.29, 0.717) is 63.5 Å². The van der Waals surface area contributed by atoms with Crippen LogP contribution in [-0.2, 0) is 30.8 Å². The Hall–Kier alpha value is -2.11. The molecule has 8 atom stereocenters. The lowest BCUT2D eigenvalue weighted by atomic mass is 9.37. The summed E-state index contributed by atoms with van der Waals surface area (Å²) >= 11 is 0. The van der Waals surface area contributed by atoms with Crippen LogP contribution in [0.3, 0.4) is 0 Å². The summed E-state index contributed by atoms with van der Waals surface area (Å²) in [5, 5.41) is 5.78. The van der Waals surface area contributed by atoms with Crippen molar-refractivity contribution in [2.75, 3.05) is 6.61 Å². The average Bonchev–Trinajstić information content (AvgIpc) is 3.29. The molecular formula is C34H39F9O7S. The van der Waals surface area contributed by atoms with Gasteiger partial charge in [-0.15, -0.1) is 0 Å². The van der Waals surface area contributed by atoms with Crippen LogP contribution in [0.2, 0.25) is 0 Å². The fourth-order valence-electron chi connectivity index (χ4n) is 11.1. The van der Waals surface area contributed by atoms with Crippen LogP contribution in [0.5, 0.6) is 5.75 Å². The summed E-state index contributed by atoms with van der Waals surface area (Å²) in [4.78, 5) is 13.4. The van der Waals surface area contributed by atoms with Crippen molar-refractivity contribution in [3.05, 3.63) is 29.3 Å². The first kappa shape index (κ1) is 37.2. The summed E-state index contributed by atoms with van der Waals surface area (Å²) in [5.74, 6) is -17.4. The van der Waals surface area contributed by atoms with Crippen LogP contribution < -0.4 is 4.18 Å². The van der Waals surface area contributed by atoms with Gasteiger partial charge >= 0.3 is 33.4 Å². The molecule has 3 unspecified atom stereocenters. The molecule has 1 aliphatic heterocycles. The van der Waals surface area contributed by atoms with Crippen molar-refractivity contribution in [3.63, 3.8) is 0 Å². The number of carbonyl (C=O) groups excluding carboxylic acids is 1. The van der Waals surface area contributed by atoms with Crippen molar-refractivity contribution < 1.29 is 71.5 Å². The third-order valence-corrected chi connectivity index (χ3v) is 14.6. The van der Waals surface area contributed by atoms with E-state index in [1.807, 2.05) is 20.8 Å². The van der Waals surface area contributed by atoms with E-state index >= 15 is 0 Å². The van der Waals surface area contributed by atoms with Gasteiger partial charge in [0.2, 0.25) is 0 Å². The van der Waals surface area contributed by atoms with Crippen LogP contribution >= 0.6 is 0 Å². The standard InChI is InChI=1S/C34H39F9O7S/c1-26(2)12-13-48-30(50-26)11-10-28-15-18-14-19(49-51(46,47)34(42,43)32(37,38)31(35,36)33(39,40)41)4-5-20(18)22-16-27(3)23(6-7-24(27)44)21(25(22)28)8-9-29(28,45)17-30/h4-5,14,21-23,25,45H,6-13,15-17H2,1-3H3/t21-,22?,23-,25?,27-,28-,29+,30?/m0/s1. The van der Waals surface area contributed by atoms with Gasteiger partial charge in [-0.25, -0.2) is 0 Å². The second-order valence-corrected chi connectivity index (χ2v) is 18.1. The van der Waals surface area contributed by atoms with Crippen LogP contribution in [0, 0.1) is 28.6 Å². The fraction of sp³-hybridized carbons (Fsp3) is 0.794. The van der Waals surface area contributed by atoms with E-state index in [9.17, 15) is 57.8 Å². The van der Waals surface area contributed by atoms with Gasteiger partial charge in [0.25, 0.3) is 0 Å². The van der Waals surface area contributed by atoms with Crippen molar-refractivity contribution in [1.82, 2.24) is 0 Å². The third kappa shape index (κ3) is 4.94. The van der Waals surface area contributed by atoms with Crippen LogP contribution in [-0.4, -0.2) is 66.2 Å². The van der Waals surface area contributed by atoms with Gasteiger partial charge in [-0.2, -0.15) is 47.9 Å². The summed E-state index contributed by atoms with van der Waals surface area (Å²) in [6.07, 6.45) is -3.39. The molecule has 1 heterocycles. The number of rotatable bonds is 5. The number of ether oxygens (including phenoxy) is 2. The van der Waals surface area contributed by atoms with Gasteiger partial charge in [-0.05, 0) is 106 Å². The molecule has 4 saturated carbocycles. The molecule has 1 N–H and O–H groups in total. The molecule has 0 radical (unpaired) electrons. The molecule has 51 heavy (non-hydrogen) atoms. The second kappa shape index (κ2) is 10.8. The van der Waals surface area contributed by atoms with E-state index in [1.165, 1.54) is 6.07 Å². The lowest BCUT2D eigenvalue weighted by Crippen LogP contribution is -2.70. The Morgan fingerprint density at radius 1 is 0.922 bits per heavy atom. The van der Waals surface area contributed by atoms with Crippen molar-refractivity contribution in [2.45, 2.75) is 131 Å². The molecule has 2 spiro atoms. The maximum Gasteiger partial charge on any atom is 0.460 e. The molecule has 1 aromatic carbocycles. The van der Waals surface area contributed by atoms with Crippen molar-refractivity contribution in [2.24, 2.45) is 28.6 Å².